The van der Waals surface area contributed by atoms with E-state index in [1.165, 1.54) is 52.8 Å². The van der Waals surface area contributed by atoms with Crippen LogP contribution in [0, 0.1) is 0 Å². The van der Waals surface area contributed by atoms with Crippen LogP contribution in [0.1, 0.15) is 65.4 Å². The highest BCUT2D eigenvalue weighted by Gasteiger charge is 2.29. The smallest absolute Gasteiger partial charge is 0.168 e. The zero-order valence-corrected chi connectivity index (χ0v) is 20.4. The maximum atomic E-state index is 5.61. The first kappa shape index (κ1) is 22.7. The van der Waals surface area contributed by atoms with E-state index in [4.69, 9.17) is 22.4 Å². The van der Waals surface area contributed by atoms with Crippen LogP contribution in [0.5, 0.6) is 0 Å². The van der Waals surface area contributed by atoms with Crippen molar-refractivity contribution < 1.29 is 0 Å². The molecule has 4 rings (SSSR count). The zero-order valence-electron chi connectivity index (χ0n) is 19.6. The zero-order chi connectivity index (χ0) is 22.8. The molecule has 0 amide bonds. The number of azo groups is 1. The molecule has 1 aliphatic rings. The molecule has 32 heavy (non-hydrogen) atoms. The third kappa shape index (κ3) is 4.78. The van der Waals surface area contributed by atoms with E-state index < -0.39 is 11.2 Å². The maximum Gasteiger partial charge on any atom is 0.168 e. The Morgan fingerprint density at radius 2 is 1.50 bits per heavy atom. The van der Waals surface area contributed by atoms with Crippen LogP contribution in [0.4, 0.5) is 0 Å². The van der Waals surface area contributed by atoms with Crippen molar-refractivity contribution >= 4 is 38.9 Å². The van der Waals surface area contributed by atoms with Crippen molar-refractivity contribution in [2.75, 3.05) is 0 Å². The average Bonchev–Trinajstić information content (AvgIpc) is 3.28. The summed E-state index contributed by atoms with van der Waals surface area (Å²) in [5, 5.41) is 22.2. The second kappa shape index (κ2) is 9.14. The molecule has 0 aromatic heterocycles. The fourth-order valence-corrected chi connectivity index (χ4v) is 5.07. The van der Waals surface area contributed by atoms with Crippen molar-refractivity contribution in [1.82, 2.24) is 10.6 Å². The average molecular weight is 447 g/mol. The molecule has 168 valence electrons. The highest BCUT2D eigenvalue weighted by Crippen LogP contribution is 2.38. The summed E-state index contributed by atoms with van der Waals surface area (Å²) in [6.07, 6.45) is 5.71. The number of nitrogens with zero attached hydrogens (tertiary/aromatic N) is 2. The summed E-state index contributed by atoms with van der Waals surface area (Å²) in [5.41, 5.74) is 0.152. The van der Waals surface area contributed by atoms with Gasteiger partial charge in [0.25, 0.3) is 0 Å². The summed E-state index contributed by atoms with van der Waals surface area (Å²) in [6.45, 7) is 8.48. The van der Waals surface area contributed by atoms with Gasteiger partial charge in [-0.05, 0) is 85.4 Å². The normalized spacial score (nSPS) is 17.1. The Balaban J connectivity index is 1.66. The van der Waals surface area contributed by atoms with Gasteiger partial charge in [-0.25, -0.2) is 0 Å². The number of rotatable bonds is 6. The molecule has 1 unspecified atom stereocenters. The lowest BCUT2D eigenvalue weighted by Gasteiger charge is -2.30. The van der Waals surface area contributed by atoms with Gasteiger partial charge in [-0.2, -0.15) is 10.2 Å². The lowest BCUT2D eigenvalue weighted by atomic mass is 9.85. The largest absolute Gasteiger partial charge is 0.360 e. The van der Waals surface area contributed by atoms with Crippen molar-refractivity contribution in [2.24, 2.45) is 10.2 Å². The number of hydrogen-bond acceptors (Lipinski definition) is 3. The Morgan fingerprint density at radius 3 is 2.06 bits per heavy atom. The van der Waals surface area contributed by atoms with Gasteiger partial charge in [0, 0.05) is 6.04 Å². The van der Waals surface area contributed by atoms with Gasteiger partial charge in [0.15, 0.2) is 5.11 Å². The summed E-state index contributed by atoms with van der Waals surface area (Å²) < 4.78 is 0. The molecule has 0 heterocycles. The molecule has 5 heteroatoms. The number of nitrogens with one attached hydrogen (secondary N) is 2. The molecule has 0 saturated heterocycles. The summed E-state index contributed by atoms with van der Waals surface area (Å²) in [4.78, 5) is 0. The molecule has 3 aromatic rings. The van der Waals surface area contributed by atoms with Gasteiger partial charge in [-0.1, -0.05) is 68.3 Å². The minimum absolute atomic E-state index is 0.478. The number of fused-ring (bicyclic) bond motifs is 2. The molecular weight excluding hydrogens is 412 g/mol. The van der Waals surface area contributed by atoms with E-state index in [0.29, 0.717) is 11.2 Å². The van der Waals surface area contributed by atoms with E-state index in [-0.39, 0.29) is 0 Å². The second-order valence-corrected chi connectivity index (χ2v) is 10.1. The van der Waals surface area contributed by atoms with Crippen molar-refractivity contribution in [2.45, 2.75) is 77.0 Å². The Kier molecular flexibility index (Phi) is 6.47. The molecule has 1 aliphatic carbocycles. The highest BCUT2D eigenvalue weighted by atomic mass is 32.1. The predicted octanol–water partition coefficient (Wildman–Crippen LogP) is 7.21. The third-order valence-electron chi connectivity index (χ3n) is 6.67. The first-order valence-electron chi connectivity index (χ1n) is 11.7. The van der Waals surface area contributed by atoms with Gasteiger partial charge in [-0.15, -0.1) is 0 Å². The molecule has 0 spiro atoms. The van der Waals surface area contributed by atoms with E-state index in [9.17, 15) is 0 Å². The standard InChI is InChI=1S/C27H34N4S/c1-5-27(4,29-25(32)28-21-14-8-9-15-21)31-30-26(2,3)24-22-16-10-6-12-19(22)18-20-13-7-11-17-23(20)24/h6-7,10-13,16-18,21H,5,8-9,14-15H2,1-4H3,(H2,28,29,32). The Bertz CT molecular complexity index is 1090. The second-order valence-electron chi connectivity index (χ2n) is 9.66. The number of hydrogen-bond donors (Lipinski definition) is 2. The lowest BCUT2D eigenvalue weighted by Crippen LogP contribution is -2.50. The Hall–Kier alpha value is -2.53. The fraction of sp³-hybridized carbons (Fsp3) is 0.444. The van der Waals surface area contributed by atoms with E-state index in [2.05, 4.69) is 92.9 Å². The predicted molar refractivity (Wildman–Crippen MR) is 139 cm³/mol. The first-order valence-corrected chi connectivity index (χ1v) is 12.2. The van der Waals surface area contributed by atoms with Gasteiger partial charge < -0.3 is 10.6 Å². The molecule has 1 fully saturated rings. The van der Waals surface area contributed by atoms with Gasteiger partial charge in [0.2, 0.25) is 0 Å². The fourth-order valence-electron chi connectivity index (χ4n) is 4.68. The summed E-state index contributed by atoms with van der Waals surface area (Å²) >= 11 is 5.61. The van der Waals surface area contributed by atoms with Crippen LogP contribution in [0.3, 0.4) is 0 Å². The van der Waals surface area contributed by atoms with Crippen LogP contribution in [-0.4, -0.2) is 16.8 Å². The van der Waals surface area contributed by atoms with E-state index in [1.807, 2.05) is 0 Å². The van der Waals surface area contributed by atoms with Gasteiger partial charge >= 0.3 is 0 Å². The molecule has 0 bridgehead atoms. The van der Waals surface area contributed by atoms with Crippen molar-refractivity contribution in [3.05, 3.63) is 60.2 Å². The summed E-state index contributed by atoms with van der Waals surface area (Å²) in [7, 11) is 0. The topological polar surface area (TPSA) is 48.8 Å². The number of thiocarbonyl (C=S) groups is 1. The third-order valence-corrected chi connectivity index (χ3v) is 6.89. The molecule has 1 atom stereocenters. The van der Waals surface area contributed by atoms with Crippen LogP contribution in [0.2, 0.25) is 0 Å². The van der Waals surface area contributed by atoms with Crippen molar-refractivity contribution in [3.63, 3.8) is 0 Å². The molecule has 3 aromatic carbocycles. The van der Waals surface area contributed by atoms with Gasteiger partial charge in [-0.3, -0.25) is 0 Å². The van der Waals surface area contributed by atoms with E-state index in [1.54, 1.807) is 0 Å². The number of benzene rings is 3. The van der Waals surface area contributed by atoms with Crippen molar-refractivity contribution in [3.8, 4) is 0 Å². The monoisotopic (exact) mass is 446 g/mol. The van der Waals surface area contributed by atoms with Crippen LogP contribution in [0.25, 0.3) is 21.5 Å². The van der Waals surface area contributed by atoms with E-state index >= 15 is 0 Å². The molecular formula is C27H34N4S. The first-order chi connectivity index (χ1) is 15.3. The molecule has 1 saturated carbocycles. The summed E-state index contributed by atoms with van der Waals surface area (Å²) in [5.74, 6) is 0. The summed E-state index contributed by atoms with van der Waals surface area (Å²) in [6, 6.07) is 19.8. The van der Waals surface area contributed by atoms with Crippen LogP contribution >= 0.6 is 12.2 Å². The van der Waals surface area contributed by atoms with Crippen LogP contribution < -0.4 is 10.6 Å². The van der Waals surface area contributed by atoms with Crippen LogP contribution in [-0.2, 0) is 5.54 Å². The van der Waals surface area contributed by atoms with Gasteiger partial charge in [0.05, 0.1) is 0 Å². The van der Waals surface area contributed by atoms with Crippen molar-refractivity contribution in [1.29, 1.82) is 0 Å². The minimum atomic E-state index is -0.555. The molecule has 0 aliphatic heterocycles. The minimum Gasteiger partial charge on any atom is -0.360 e. The molecule has 0 radical (unpaired) electrons. The highest BCUT2D eigenvalue weighted by molar-refractivity contribution is 7.80. The van der Waals surface area contributed by atoms with Gasteiger partial charge in [0.1, 0.15) is 11.2 Å². The molecule has 2 N–H and O–H groups in total. The van der Waals surface area contributed by atoms with E-state index in [0.717, 1.165) is 6.42 Å². The van der Waals surface area contributed by atoms with Crippen LogP contribution in [0.15, 0.2) is 64.8 Å². The Morgan fingerprint density at radius 1 is 0.938 bits per heavy atom. The molecule has 4 nitrogen and oxygen atoms in total. The quantitative estimate of drug-likeness (QED) is 0.239. The maximum absolute atomic E-state index is 5.61. The Labute approximate surface area is 196 Å². The lowest BCUT2D eigenvalue weighted by molar-refractivity contribution is 0.366. The SMILES string of the molecule is CCC(C)(N=NC(C)(C)c1c2ccccc2cc2ccccc12)NC(=S)NC1CCCC1.